The summed E-state index contributed by atoms with van der Waals surface area (Å²) in [5.74, 6) is 2.78. The van der Waals surface area contributed by atoms with E-state index in [1.165, 1.54) is 0 Å². The van der Waals surface area contributed by atoms with Crippen LogP contribution in [0.3, 0.4) is 0 Å². The second-order valence-corrected chi connectivity index (χ2v) is 6.73. The summed E-state index contributed by atoms with van der Waals surface area (Å²) >= 11 is 0. The quantitative estimate of drug-likeness (QED) is 0.529. The molecule has 8 nitrogen and oxygen atoms in total. The highest BCUT2D eigenvalue weighted by Gasteiger charge is 2.09. The summed E-state index contributed by atoms with van der Waals surface area (Å²) in [5, 5.41) is 11.7. The largest absolute Gasteiger partial charge is 0.439 e. The van der Waals surface area contributed by atoms with Crippen LogP contribution in [0.4, 0.5) is 5.69 Å². The maximum Gasteiger partial charge on any atom is 0.255 e. The molecule has 2 heterocycles. The SMILES string of the molecule is Cc1nc(Oc2ccc(NC(=O)c3ccc(C#N)cc3)cc2)cc(-n2ccnc2C)n1. The molecule has 0 bridgehead atoms. The summed E-state index contributed by atoms with van der Waals surface area (Å²) in [7, 11) is 0. The van der Waals surface area contributed by atoms with Gasteiger partial charge < -0.3 is 10.1 Å². The Morgan fingerprint density at radius 3 is 2.45 bits per heavy atom. The van der Waals surface area contributed by atoms with Crippen molar-refractivity contribution < 1.29 is 9.53 Å². The maximum absolute atomic E-state index is 12.4. The number of imidazole rings is 1. The van der Waals surface area contributed by atoms with Gasteiger partial charge in [0.15, 0.2) is 0 Å². The van der Waals surface area contributed by atoms with E-state index in [1.54, 1.807) is 67.7 Å². The van der Waals surface area contributed by atoms with Crippen LogP contribution in [0.1, 0.15) is 27.6 Å². The van der Waals surface area contributed by atoms with Gasteiger partial charge in [0.05, 0.1) is 11.6 Å². The Hall–Kier alpha value is -4.51. The van der Waals surface area contributed by atoms with Crippen molar-refractivity contribution in [1.82, 2.24) is 19.5 Å². The lowest BCUT2D eigenvalue weighted by Gasteiger charge is -2.10. The van der Waals surface area contributed by atoms with Gasteiger partial charge >= 0.3 is 0 Å². The summed E-state index contributed by atoms with van der Waals surface area (Å²) in [6.45, 7) is 3.69. The van der Waals surface area contributed by atoms with Crippen LogP contribution in [0.25, 0.3) is 5.82 Å². The molecule has 2 aromatic heterocycles. The number of anilines is 1. The van der Waals surface area contributed by atoms with E-state index in [9.17, 15) is 4.79 Å². The van der Waals surface area contributed by atoms with Crippen molar-refractivity contribution in [2.75, 3.05) is 5.32 Å². The third-order valence-corrected chi connectivity index (χ3v) is 4.48. The van der Waals surface area contributed by atoms with E-state index in [1.807, 2.05) is 23.8 Å². The van der Waals surface area contributed by atoms with E-state index >= 15 is 0 Å². The second-order valence-electron chi connectivity index (χ2n) is 6.73. The van der Waals surface area contributed by atoms with Gasteiger partial charge in [-0.15, -0.1) is 0 Å². The minimum atomic E-state index is -0.259. The number of carbonyl (C=O) groups excluding carboxylic acids is 1. The van der Waals surface area contributed by atoms with E-state index in [-0.39, 0.29) is 5.91 Å². The van der Waals surface area contributed by atoms with Crippen LogP contribution >= 0.6 is 0 Å². The highest BCUT2D eigenvalue weighted by atomic mass is 16.5. The molecule has 8 heteroatoms. The van der Waals surface area contributed by atoms with Crippen molar-refractivity contribution in [2.45, 2.75) is 13.8 Å². The molecule has 0 atom stereocenters. The zero-order valence-corrected chi connectivity index (χ0v) is 16.9. The molecule has 0 radical (unpaired) electrons. The zero-order valence-electron chi connectivity index (χ0n) is 16.9. The number of nitrogens with zero attached hydrogens (tertiary/aromatic N) is 5. The zero-order chi connectivity index (χ0) is 21.8. The molecule has 1 amide bonds. The Bertz CT molecular complexity index is 1270. The monoisotopic (exact) mass is 410 g/mol. The van der Waals surface area contributed by atoms with Crippen LogP contribution in [0.5, 0.6) is 11.6 Å². The van der Waals surface area contributed by atoms with Gasteiger partial charge in [-0.05, 0) is 62.4 Å². The molecule has 0 aliphatic heterocycles. The lowest BCUT2D eigenvalue weighted by Crippen LogP contribution is -2.11. The van der Waals surface area contributed by atoms with E-state index in [2.05, 4.69) is 20.3 Å². The topological polar surface area (TPSA) is 106 Å². The smallest absolute Gasteiger partial charge is 0.255 e. The summed E-state index contributed by atoms with van der Waals surface area (Å²) < 4.78 is 7.73. The Morgan fingerprint density at radius 2 is 1.81 bits per heavy atom. The van der Waals surface area contributed by atoms with E-state index in [4.69, 9.17) is 10.00 Å². The third kappa shape index (κ3) is 4.57. The van der Waals surface area contributed by atoms with Crippen LogP contribution in [0, 0.1) is 25.2 Å². The number of rotatable bonds is 5. The number of hydrogen-bond acceptors (Lipinski definition) is 6. The molecule has 2 aromatic carbocycles. The van der Waals surface area contributed by atoms with Gasteiger partial charge in [-0.2, -0.15) is 10.2 Å². The van der Waals surface area contributed by atoms with E-state index in [0.29, 0.717) is 40.1 Å². The maximum atomic E-state index is 12.4. The first-order valence-electron chi connectivity index (χ1n) is 9.47. The predicted molar refractivity (Wildman–Crippen MR) is 114 cm³/mol. The molecule has 4 aromatic rings. The van der Waals surface area contributed by atoms with Crippen LogP contribution in [0.2, 0.25) is 0 Å². The minimum absolute atomic E-state index is 0.259. The number of carbonyl (C=O) groups is 1. The lowest BCUT2D eigenvalue weighted by molar-refractivity contribution is 0.102. The Labute approximate surface area is 178 Å². The molecule has 31 heavy (non-hydrogen) atoms. The number of aryl methyl sites for hydroxylation is 2. The Kier molecular flexibility index (Phi) is 5.41. The third-order valence-electron chi connectivity index (χ3n) is 4.48. The molecule has 0 saturated heterocycles. The highest BCUT2D eigenvalue weighted by molar-refractivity contribution is 6.04. The van der Waals surface area contributed by atoms with E-state index < -0.39 is 0 Å². The second kappa shape index (κ2) is 8.47. The van der Waals surface area contributed by atoms with Gasteiger partial charge in [-0.3, -0.25) is 9.36 Å². The van der Waals surface area contributed by atoms with Crippen LogP contribution in [-0.4, -0.2) is 25.4 Å². The first-order chi connectivity index (χ1) is 15.0. The van der Waals surface area contributed by atoms with Gasteiger partial charge in [0, 0.05) is 29.7 Å². The van der Waals surface area contributed by atoms with Crippen LogP contribution in [0.15, 0.2) is 67.0 Å². The van der Waals surface area contributed by atoms with Gasteiger partial charge in [-0.1, -0.05) is 0 Å². The van der Waals surface area contributed by atoms with Crippen LogP contribution in [-0.2, 0) is 0 Å². The lowest BCUT2D eigenvalue weighted by atomic mass is 10.1. The Morgan fingerprint density at radius 1 is 1.06 bits per heavy atom. The molecule has 152 valence electrons. The summed E-state index contributed by atoms with van der Waals surface area (Å²) in [5.41, 5.74) is 1.60. The molecule has 0 unspecified atom stereocenters. The molecule has 0 aliphatic rings. The van der Waals surface area contributed by atoms with Crippen molar-refractivity contribution in [3.63, 3.8) is 0 Å². The van der Waals surface area contributed by atoms with Crippen molar-refractivity contribution in [2.24, 2.45) is 0 Å². The number of ether oxygens (including phenoxy) is 1. The van der Waals surface area contributed by atoms with Crippen molar-refractivity contribution in [3.8, 4) is 23.5 Å². The first kappa shape index (κ1) is 19.8. The molecular formula is C23H18N6O2. The summed E-state index contributed by atoms with van der Waals surface area (Å²) in [4.78, 5) is 25.3. The van der Waals surface area contributed by atoms with E-state index in [0.717, 1.165) is 5.82 Å². The molecule has 0 spiro atoms. The molecular weight excluding hydrogens is 392 g/mol. The fraction of sp³-hybridized carbons (Fsp3) is 0.0870. The molecule has 0 saturated carbocycles. The van der Waals surface area contributed by atoms with Crippen molar-refractivity contribution >= 4 is 11.6 Å². The van der Waals surface area contributed by atoms with Gasteiger partial charge in [0.2, 0.25) is 5.88 Å². The average molecular weight is 410 g/mol. The average Bonchev–Trinajstić information content (AvgIpc) is 3.20. The molecule has 0 aliphatic carbocycles. The van der Waals surface area contributed by atoms with Gasteiger partial charge in [0.25, 0.3) is 5.91 Å². The summed E-state index contributed by atoms with van der Waals surface area (Å²) in [6, 6.07) is 17.2. The number of nitriles is 1. The fourth-order valence-corrected chi connectivity index (χ4v) is 2.95. The van der Waals surface area contributed by atoms with Crippen LogP contribution < -0.4 is 10.1 Å². The van der Waals surface area contributed by atoms with Gasteiger partial charge in [-0.25, -0.2) is 9.97 Å². The number of nitrogens with one attached hydrogen (secondary N) is 1. The fourth-order valence-electron chi connectivity index (χ4n) is 2.95. The number of amides is 1. The van der Waals surface area contributed by atoms with Crippen molar-refractivity contribution in [3.05, 3.63) is 89.8 Å². The summed E-state index contributed by atoms with van der Waals surface area (Å²) in [6.07, 6.45) is 3.53. The Balaban J connectivity index is 1.46. The van der Waals surface area contributed by atoms with Crippen molar-refractivity contribution in [1.29, 1.82) is 5.26 Å². The minimum Gasteiger partial charge on any atom is -0.439 e. The molecule has 4 rings (SSSR count). The molecule has 0 fully saturated rings. The first-order valence-corrected chi connectivity index (χ1v) is 9.47. The molecule has 1 N–H and O–H groups in total. The van der Waals surface area contributed by atoms with Gasteiger partial charge in [0.1, 0.15) is 23.2 Å². The number of benzene rings is 2. The standard InChI is InChI=1S/C23H18N6O2/c1-15-26-21(29-12-11-25-16(29)2)13-22(27-15)31-20-9-7-19(8-10-20)28-23(30)18-5-3-17(14-24)4-6-18/h3-13H,1-2H3,(H,28,30). The predicted octanol–water partition coefficient (Wildman–Crippen LogP) is 4.20. The normalized spacial score (nSPS) is 10.4. The highest BCUT2D eigenvalue weighted by Crippen LogP contribution is 2.23. The number of hydrogen-bond donors (Lipinski definition) is 1. The number of aromatic nitrogens is 4.